The smallest absolute Gasteiger partial charge is 0.264 e. The number of benzene rings is 2. The number of aliphatic hydroxyl groups excluding tert-OH is 1. The molecule has 8 nitrogen and oxygen atoms in total. The highest BCUT2D eigenvalue weighted by molar-refractivity contribution is 9.10. The summed E-state index contributed by atoms with van der Waals surface area (Å²) in [5.74, 6) is -0.861. The molecule has 0 saturated carbocycles. The molecule has 2 aromatic carbocycles. The Hall–Kier alpha value is -2.60. The van der Waals surface area contributed by atoms with Crippen molar-refractivity contribution < 1.29 is 28.3 Å². The van der Waals surface area contributed by atoms with Crippen molar-refractivity contribution in [1.82, 2.24) is 4.90 Å². The predicted octanol–water partition coefficient (Wildman–Crippen LogP) is 4.88. The molecule has 224 valence electrons. The van der Waals surface area contributed by atoms with Gasteiger partial charge in [-0.05, 0) is 61.8 Å². The van der Waals surface area contributed by atoms with Crippen LogP contribution in [0.2, 0.25) is 18.6 Å². The lowest BCUT2D eigenvalue weighted by atomic mass is 9.82. The molecule has 4 heterocycles. The SMILES string of the molecule is C[C@H]1[C@H]([Si](C)(C)F)[C@@H](CC(=O)N2CCC[C@H]2CO)O[C@]12C(=O)N(Cc1cccc(N3CCC3=O)c1)c1ccc(Br)cc12. The average Bonchev–Trinajstić information content (AvgIpc) is 3.58. The molecule has 4 aliphatic heterocycles. The van der Waals surface area contributed by atoms with E-state index in [0.717, 1.165) is 28.6 Å². The third-order valence-electron chi connectivity index (χ3n) is 9.62. The Morgan fingerprint density at radius 3 is 2.64 bits per heavy atom. The fraction of sp³-hybridized carbons (Fsp3) is 0.516. The van der Waals surface area contributed by atoms with Crippen LogP contribution in [0.1, 0.15) is 43.7 Å². The molecule has 0 aromatic heterocycles. The van der Waals surface area contributed by atoms with Gasteiger partial charge in [-0.15, -0.1) is 0 Å². The summed E-state index contributed by atoms with van der Waals surface area (Å²) in [7, 11) is -3.43. The van der Waals surface area contributed by atoms with Gasteiger partial charge in [-0.2, -0.15) is 0 Å². The number of carbonyl (C=O) groups excluding carboxylic acids is 3. The van der Waals surface area contributed by atoms with Crippen LogP contribution >= 0.6 is 15.9 Å². The number of anilines is 2. The van der Waals surface area contributed by atoms with E-state index in [0.29, 0.717) is 30.8 Å². The van der Waals surface area contributed by atoms with Crippen LogP contribution in [0, 0.1) is 5.92 Å². The Balaban J connectivity index is 1.35. The van der Waals surface area contributed by atoms with Crippen molar-refractivity contribution in [2.24, 2.45) is 5.92 Å². The van der Waals surface area contributed by atoms with E-state index < -0.39 is 31.6 Å². The molecule has 42 heavy (non-hydrogen) atoms. The van der Waals surface area contributed by atoms with Gasteiger partial charge in [0.05, 0.1) is 37.4 Å². The number of rotatable bonds is 7. The first-order chi connectivity index (χ1) is 20.0. The van der Waals surface area contributed by atoms with Crippen LogP contribution in [0.25, 0.3) is 0 Å². The molecule has 0 aliphatic carbocycles. The maximum Gasteiger partial charge on any atom is 0.264 e. The molecule has 0 radical (unpaired) electrons. The summed E-state index contributed by atoms with van der Waals surface area (Å²) in [4.78, 5) is 45.2. The molecule has 11 heteroatoms. The van der Waals surface area contributed by atoms with Crippen LogP contribution in [0.5, 0.6) is 0 Å². The van der Waals surface area contributed by atoms with Crippen molar-refractivity contribution in [3.05, 3.63) is 58.1 Å². The number of hydrogen-bond acceptors (Lipinski definition) is 5. The van der Waals surface area contributed by atoms with Gasteiger partial charge in [0.1, 0.15) is 0 Å². The number of likely N-dealkylation sites (tertiary alicyclic amines) is 1. The van der Waals surface area contributed by atoms with Crippen LogP contribution in [0.3, 0.4) is 0 Å². The Kier molecular flexibility index (Phi) is 7.60. The van der Waals surface area contributed by atoms with E-state index in [1.165, 1.54) is 0 Å². The lowest BCUT2D eigenvalue weighted by molar-refractivity contribution is -0.150. The van der Waals surface area contributed by atoms with Crippen molar-refractivity contribution in [3.8, 4) is 0 Å². The highest BCUT2D eigenvalue weighted by Crippen LogP contribution is 2.60. The van der Waals surface area contributed by atoms with Gasteiger partial charge in [0.2, 0.25) is 20.2 Å². The summed E-state index contributed by atoms with van der Waals surface area (Å²) in [5, 5.41) is 9.78. The largest absolute Gasteiger partial charge is 0.394 e. The summed E-state index contributed by atoms with van der Waals surface area (Å²) in [6, 6.07) is 13.0. The Morgan fingerprint density at radius 2 is 1.98 bits per heavy atom. The van der Waals surface area contributed by atoms with Crippen LogP contribution in [0.15, 0.2) is 46.9 Å². The normalized spacial score (nSPS) is 29.0. The summed E-state index contributed by atoms with van der Waals surface area (Å²) in [6.45, 7) is 6.53. The molecule has 5 atom stereocenters. The lowest BCUT2D eigenvalue weighted by Crippen LogP contribution is -2.45. The van der Waals surface area contributed by atoms with E-state index in [1.54, 1.807) is 27.8 Å². The molecular weight excluding hydrogens is 621 g/mol. The van der Waals surface area contributed by atoms with E-state index >= 15 is 4.11 Å². The summed E-state index contributed by atoms with van der Waals surface area (Å²) < 4.78 is 23.7. The zero-order valence-electron chi connectivity index (χ0n) is 24.2. The fourth-order valence-corrected chi connectivity index (χ4v) is 10.5. The van der Waals surface area contributed by atoms with Crippen LogP contribution < -0.4 is 9.80 Å². The topological polar surface area (TPSA) is 90.4 Å². The molecule has 0 unspecified atom stereocenters. The Bertz CT molecular complexity index is 1440. The summed E-state index contributed by atoms with van der Waals surface area (Å²) in [6.07, 6.45) is 1.29. The van der Waals surface area contributed by atoms with Gasteiger partial charge >= 0.3 is 0 Å². The number of hydrogen-bond donors (Lipinski definition) is 1. The van der Waals surface area contributed by atoms with Crippen molar-refractivity contribution in [1.29, 1.82) is 0 Å². The first-order valence-electron chi connectivity index (χ1n) is 14.7. The number of ether oxygens (including phenoxy) is 1. The summed E-state index contributed by atoms with van der Waals surface area (Å²) >= 11 is 3.56. The van der Waals surface area contributed by atoms with Crippen molar-refractivity contribution >= 4 is 53.4 Å². The second-order valence-corrected chi connectivity index (χ2v) is 17.3. The molecule has 3 amide bonds. The van der Waals surface area contributed by atoms with Gasteiger partial charge in [-0.25, -0.2) is 0 Å². The maximum absolute atomic E-state index is 16.1. The summed E-state index contributed by atoms with van der Waals surface area (Å²) in [5.41, 5.74) is 1.02. The zero-order chi connectivity index (χ0) is 30.0. The first-order valence-corrected chi connectivity index (χ1v) is 18.5. The van der Waals surface area contributed by atoms with E-state index in [9.17, 15) is 19.5 Å². The quantitative estimate of drug-likeness (QED) is 0.260. The second-order valence-electron chi connectivity index (χ2n) is 12.6. The van der Waals surface area contributed by atoms with Gasteiger partial charge < -0.3 is 28.7 Å². The van der Waals surface area contributed by atoms with Crippen LogP contribution in [0.4, 0.5) is 15.5 Å². The minimum atomic E-state index is -3.43. The molecule has 1 spiro atoms. The molecular formula is C31H37BrFN3O5Si. The molecule has 3 fully saturated rings. The van der Waals surface area contributed by atoms with E-state index in [4.69, 9.17) is 4.74 Å². The molecule has 3 saturated heterocycles. The molecule has 4 aliphatic rings. The predicted molar refractivity (Wildman–Crippen MR) is 163 cm³/mol. The van der Waals surface area contributed by atoms with Gasteiger partial charge in [0, 0.05) is 46.7 Å². The number of halogens is 2. The van der Waals surface area contributed by atoms with E-state index in [1.807, 2.05) is 49.4 Å². The molecule has 0 bridgehead atoms. The van der Waals surface area contributed by atoms with E-state index in [-0.39, 0.29) is 43.3 Å². The third kappa shape index (κ3) is 4.72. The van der Waals surface area contributed by atoms with E-state index in [2.05, 4.69) is 15.9 Å². The number of aliphatic hydroxyl groups is 1. The number of β-lactam (4-membered cyclic amide) rings is 1. The number of carbonyl (C=O) groups is 3. The average molecular weight is 659 g/mol. The number of fused-ring (bicyclic) bond motifs is 2. The minimum Gasteiger partial charge on any atom is -0.394 e. The van der Waals surface area contributed by atoms with Gasteiger partial charge in [0.25, 0.3) is 5.91 Å². The third-order valence-corrected chi connectivity index (χ3v) is 12.6. The number of amides is 3. The van der Waals surface area contributed by atoms with Gasteiger partial charge in [-0.1, -0.05) is 35.0 Å². The van der Waals surface area contributed by atoms with Crippen molar-refractivity contribution in [2.75, 3.05) is 29.5 Å². The molecule has 2 aromatic rings. The van der Waals surface area contributed by atoms with Crippen molar-refractivity contribution in [3.63, 3.8) is 0 Å². The fourth-order valence-electron chi connectivity index (χ4n) is 7.61. The molecule has 1 N–H and O–H groups in total. The van der Waals surface area contributed by atoms with Gasteiger partial charge in [-0.3, -0.25) is 14.4 Å². The molecule has 6 rings (SSSR count). The Labute approximate surface area is 255 Å². The lowest BCUT2D eigenvalue weighted by Gasteiger charge is -2.32. The first kappa shape index (κ1) is 29.5. The highest BCUT2D eigenvalue weighted by atomic mass is 79.9. The minimum absolute atomic E-state index is 0.0316. The number of nitrogens with zero attached hydrogens (tertiary/aromatic N) is 3. The monoisotopic (exact) mass is 657 g/mol. The zero-order valence-corrected chi connectivity index (χ0v) is 26.8. The second kappa shape index (κ2) is 10.8. The van der Waals surface area contributed by atoms with Crippen LogP contribution in [-0.2, 0) is 31.3 Å². The van der Waals surface area contributed by atoms with Crippen LogP contribution in [-0.4, -0.2) is 68.0 Å². The van der Waals surface area contributed by atoms with Gasteiger partial charge in [0.15, 0.2) is 5.60 Å². The highest BCUT2D eigenvalue weighted by Gasteiger charge is 2.67. The standard InChI is InChI=1S/C31H37BrFN3O5Si/c1-19-29(42(2,3)33)26(16-28(39)34-12-5-8-23(34)18-37)41-31(19)24-15-21(32)9-10-25(24)36(30(31)40)17-20-6-4-7-22(14-20)35-13-11-27(35)38/h4,6-7,9-10,14-15,19,23,26,29,37H,5,8,11-13,16-18H2,1-3H3/t19-,23-,26+,29-,31+/m0/s1. The Morgan fingerprint density at radius 1 is 1.19 bits per heavy atom. The maximum atomic E-state index is 16.1. The van der Waals surface area contributed by atoms with Crippen molar-refractivity contribution in [2.45, 2.75) is 75.5 Å².